The second kappa shape index (κ2) is 9.81. The van der Waals surface area contributed by atoms with Gasteiger partial charge in [-0.15, -0.1) is 0 Å². The van der Waals surface area contributed by atoms with Crippen LogP contribution in [0.2, 0.25) is 0 Å². The van der Waals surface area contributed by atoms with Gasteiger partial charge in [-0.25, -0.2) is 0 Å². The Labute approximate surface area is 196 Å². The molecule has 2 fully saturated rings. The molecule has 1 aromatic rings. The Hall–Kier alpha value is -2.82. The second-order valence-corrected chi connectivity index (χ2v) is 9.16. The maximum Gasteiger partial charge on any atom is 0.416 e. The molecule has 1 N–H and O–H groups in total. The fraction of sp³-hybridized carbons (Fsp3) is 0.609. The van der Waals surface area contributed by atoms with E-state index in [-0.39, 0.29) is 49.4 Å². The number of amides is 3. The van der Waals surface area contributed by atoms with Gasteiger partial charge in [0.2, 0.25) is 11.8 Å². The number of halogens is 3. The van der Waals surface area contributed by atoms with Crippen LogP contribution in [0.15, 0.2) is 18.2 Å². The number of hydrogen-bond donors (Lipinski definition) is 1. The van der Waals surface area contributed by atoms with Crippen LogP contribution < -0.4 is 10.1 Å². The normalized spacial score (nSPS) is 23.0. The van der Waals surface area contributed by atoms with E-state index in [0.29, 0.717) is 25.6 Å². The average molecular weight is 483 g/mol. The number of carbonyl (C=O) groups excluding carboxylic acids is 3. The zero-order valence-corrected chi connectivity index (χ0v) is 19.1. The third-order valence-corrected chi connectivity index (χ3v) is 6.52. The zero-order chi connectivity index (χ0) is 24.5. The van der Waals surface area contributed by atoms with Crippen LogP contribution in [-0.4, -0.2) is 90.9 Å². The first-order chi connectivity index (χ1) is 16.1. The fourth-order valence-corrected chi connectivity index (χ4v) is 4.41. The number of carbonyl (C=O) groups is 3. The Morgan fingerprint density at radius 1 is 1.18 bits per heavy atom. The molecule has 0 radical (unpaired) electrons. The van der Waals surface area contributed by atoms with Crippen molar-refractivity contribution in [2.75, 3.05) is 52.4 Å². The molecule has 0 unspecified atom stereocenters. The Kier molecular flexibility index (Phi) is 7.01. The molecule has 4 rings (SSSR count). The number of piperazine rings is 1. The van der Waals surface area contributed by atoms with E-state index in [0.717, 1.165) is 37.6 Å². The molecule has 2 heterocycles. The zero-order valence-electron chi connectivity index (χ0n) is 19.1. The van der Waals surface area contributed by atoms with Crippen molar-refractivity contribution in [3.05, 3.63) is 29.3 Å². The Bertz CT molecular complexity index is 951. The van der Waals surface area contributed by atoms with Crippen LogP contribution >= 0.6 is 0 Å². The highest BCUT2D eigenvalue weighted by Gasteiger charge is 2.35. The summed E-state index contributed by atoms with van der Waals surface area (Å²) < 4.78 is 45.7. The number of nitrogens with one attached hydrogen (secondary N) is 1. The smallest absolute Gasteiger partial charge is 0.416 e. The Balaban J connectivity index is 1.63. The van der Waals surface area contributed by atoms with Crippen molar-refractivity contribution in [2.24, 2.45) is 5.92 Å². The molecule has 1 saturated heterocycles. The van der Waals surface area contributed by atoms with E-state index in [1.807, 2.05) is 4.90 Å². The molecule has 11 heteroatoms. The molecular formula is C23H29F3N4O4. The predicted molar refractivity (Wildman–Crippen MR) is 116 cm³/mol. The Morgan fingerprint density at radius 2 is 1.94 bits per heavy atom. The monoisotopic (exact) mass is 482 g/mol. The van der Waals surface area contributed by atoms with Crippen LogP contribution in [0.3, 0.4) is 0 Å². The van der Waals surface area contributed by atoms with Gasteiger partial charge in [0.25, 0.3) is 5.91 Å². The summed E-state index contributed by atoms with van der Waals surface area (Å²) in [5.74, 6) is -0.352. The number of hydrogen-bond acceptors (Lipinski definition) is 5. The van der Waals surface area contributed by atoms with Crippen molar-refractivity contribution in [3.8, 4) is 5.75 Å². The van der Waals surface area contributed by atoms with Gasteiger partial charge >= 0.3 is 6.18 Å². The minimum absolute atomic E-state index is 0.00642. The highest BCUT2D eigenvalue weighted by atomic mass is 19.4. The molecular weight excluding hydrogens is 453 g/mol. The highest BCUT2D eigenvalue weighted by molar-refractivity contribution is 5.97. The number of benzene rings is 1. The summed E-state index contributed by atoms with van der Waals surface area (Å²) in [6.45, 7) is 3.91. The first kappa shape index (κ1) is 24.3. The molecule has 1 atom stereocenters. The van der Waals surface area contributed by atoms with Gasteiger partial charge in [0.05, 0.1) is 23.7 Å². The summed E-state index contributed by atoms with van der Waals surface area (Å²) >= 11 is 0. The molecule has 8 nitrogen and oxygen atoms in total. The number of rotatable bonds is 2. The SMILES string of the molecule is CC(=O)N1CCN2C(=O)CN(CC3CC3)CCNC(=O)c3cc(C(F)(F)F)ccc3OC[C@@H]2C1. The van der Waals surface area contributed by atoms with Crippen molar-refractivity contribution >= 4 is 17.7 Å². The Morgan fingerprint density at radius 3 is 2.62 bits per heavy atom. The van der Waals surface area contributed by atoms with Crippen LogP contribution in [0.25, 0.3) is 0 Å². The summed E-state index contributed by atoms with van der Waals surface area (Å²) in [6, 6.07) is 2.31. The van der Waals surface area contributed by atoms with Gasteiger partial charge in [-0.1, -0.05) is 0 Å². The first-order valence-electron chi connectivity index (χ1n) is 11.5. The van der Waals surface area contributed by atoms with Crippen LogP contribution in [0.4, 0.5) is 13.2 Å². The van der Waals surface area contributed by atoms with E-state index in [1.165, 1.54) is 6.92 Å². The number of alkyl halides is 3. The van der Waals surface area contributed by atoms with E-state index < -0.39 is 23.7 Å². The summed E-state index contributed by atoms with van der Waals surface area (Å²) in [7, 11) is 0. The summed E-state index contributed by atoms with van der Waals surface area (Å²) in [6.07, 6.45) is -2.41. The maximum atomic E-state index is 13.3. The van der Waals surface area contributed by atoms with Crippen molar-refractivity contribution in [3.63, 3.8) is 0 Å². The highest BCUT2D eigenvalue weighted by Crippen LogP contribution is 2.33. The molecule has 0 bridgehead atoms. The summed E-state index contributed by atoms with van der Waals surface area (Å²) in [4.78, 5) is 43.3. The molecule has 186 valence electrons. The van der Waals surface area contributed by atoms with Crippen molar-refractivity contribution < 1.29 is 32.3 Å². The standard InChI is InChI=1S/C23H29F3N4O4/c1-15(31)29-8-9-30-18(12-29)14-34-20-5-4-17(23(24,25)26)10-19(20)22(33)27-6-7-28(13-21(30)32)11-16-2-3-16/h4-5,10,16,18H,2-3,6-9,11-14H2,1H3,(H,27,33)/t18-/m0/s1. The third kappa shape index (κ3) is 5.81. The van der Waals surface area contributed by atoms with Crippen molar-refractivity contribution in [1.29, 1.82) is 0 Å². The third-order valence-electron chi connectivity index (χ3n) is 6.52. The van der Waals surface area contributed by atoms with Crippen LogP contribution in [-0.2, 0) is 15.8 Å². The largest absolute Gasteiger partial charge is 0.491 e. The van der Waals surface area contributed by atoms with E-state index in [1.54, 1.807) is 9.80 Å². The molecule has 2 aliphatic heterocycles. The summed E-state index contributed by atoms with van der Waals surface area (Å²) in [5.41, 5.74) is -1.15. The number of ether oxygens (including phenoxy) is 1. The van der Waals surface area contributed by atoms with Gasteiger partial charge in [0, 0.05) is 46.2 Å². The molecule has 1 aliphatic carbocycles. The lowest BCUT2D eigenvalue weighted by Crippen LogP contribution is -2.59. The molecule has 0 aromatic heterocycles. The van der Waals surface area contributed by atoms with Gasteiger partial charge in [-0.3, -0.25) is 19.3 Å². The topological polar surface area (TPSA) is 82.2 Å². The fourth-order valence-electron chi connectivity index (χ4n) is 4.41. The van der Waals surface area contributed by atoms with Gasteiger partial charge in [0.1, 0.15) is 12.4 Å². The van der Waals surface area contributed by atoms with Crippen molar-refractivity contribution in [2.45, 2.75) is 32.0 Å². The van der Waals surface area contributed by atoms with Gasteiger partial charge in [0.15, 0.2) is 0 Å². The molecule has 0 spiro atoms. The molecule has 1 saturated carbocycles. The molecule has 3 amide bonds. The quantitative estimate of drug-likeness (QED) is 0.693. The molecule has 1 aromatic carbocycles. The maximum absolute atomic E-state index is 13.3. The minimum Gasteiger partial charge on any atom is -0.491 e. The lowest BCUT2D eigenvalue weighted by Gasteiger charge is -2.41. The minimum atomic E-state index is -4.61. The lowest BCUT2D eigenvalue weighted by molar-refractivity contribution is -0.143. The number of fused-ring (bicyclic) bond motifs is 2. The van der Waals surface area contributed by atoms with E-state index in [2.05, 4.69) is 5.32 Å². The predicted octanol–water partition coefficient (Wildman–Crippen LogP) is 1.60. The van der Waals surface area contributed by atoms with Gasteiger partial charge < -0.3 is 19.9 Å². The van der Waals surface area contributed by atoms with E-state index in [4.69, 9.17) is 4.74 Å². The van der Waals surface area contributed by atoms with Crippen LogP contribution in [0, 0.1) is 5.92 Å². The number of nitrogens with zero attached hydrogens (tertiary/aromatic N) is 3. The van der Waals surface area contributed by atoms with E-state index >= 15 is 0 Å². The lowest BCUT2D eigenvalue weighted by atomic mass is 10.1. The van der Waals surface area contributed by atoms with Crippen molar-refractivity contribution in [1.82, 2.24) is 20.0 Å². The average Bonchev–Trinajstić information content (AvgIpc) is 3.59. The van der Waals surface area contributed by atoms with E-state index in [9.17, 15) is 27.6 Å². The molecule has 3 aliphatic rings. The van der Waals surface area contributed by atoms with Gasteiger partial charge in [-0.2, -0.15) is 13.2 Å². The van der Waals surface area contributed by atoms with Gasteiger partial charge in [-0.05, 0) is 37.0 Å². The molecule has 34 heavy (non-hydrogen) atoms. The second-order valence-electron chi connectivity index (χ2n) is 9.16. The summed E-state index contributed by atoms with van der Waals surface area (Å²) in [5, 5.41) is 2.67. The van der Waals surface area contributed by atoms with Crippen LogP contribution in [0.1, 0.15) is 35.7 Å². The first-order valence-corrected chi connectivity index (χ1v) is 11.5. The van der Waals surface area contributed by atoms with Crippen LogP contribution in [0.5, 0.6) is 5.75 Å².